The monoisotopic (exact) mass is 445 g/mol. The van der Waals surface area contributed by atoms with E-state index in [1.807, 2.05) is 13.8 Å². The van der Waals surface area contributed by atoms with Crippen molar-refractivity contribution >= 4 is 15.8 Å². The average Bonchev–Trinajstić information content (AvgIpc) is 3.18. The van der Waals surface area contributed by atoms with Crippen LogP contribution in [0.3, 0.4) is 0 Å². The number of ketones is 1. The van der Waals surface area contributed by atoms with Crippen molar-refractivity contribution in [3.8, 4) is 5.75 Å². The number of Topliss-reactive ketones (excluding diaryl/α,β-unsaturated/α-hetero) is 1. The highest BCUT2D eigenvalue weighted by Gasteiger charge is 2.61. The highest BCUT2D eigenvalue weighted by molar-refractivity contribution is 7.89. The molecule has 0 heterocycles. The van der Waals surface area contributed by atoms with Crippen LogP contribution in [0.5, 0.6) is 5.75 Å². The number of primary sulfonamides is 1. The molecule has 10 heteroatoms. The van der Waals surface area contributed by atoms with Gasteiger partial charge in [0.05, 0.1) is 4.90 Å². The fourth-order valence-corrected chi connectivity index (χ4v) is 4.42. The van der Waals surface area contributed by atoms with Gasteiger partial charge in [0.1, 0.15) is 17.3 Å². The SMILES string of the molecule is CC1(C)[C@@H](C(=O)Cc2cc(OC(F)(F)F)ccc2F)[C@@H]1c1ccc(S(N)(=O)=O)cc1. The summed E-state index contributed by atoms with van der Waals surface area (Å²) in [6.07, 6.45) is -5.31. The minimum absolute atomic E-state index is 0.0591. The quantitative estimate of drug-likeness (QED) is 0.683. The number of nitrogens with two attached hydrogens (primary N) is 1. The third kappa shape index (κ3) is 4.65. The van der Waals surface area contributed by atoms with Crippen LogP contribution in [-0.2, 0) is 21.2 Å². The van der Waals surface area contributed by atoms with Crippen LogP contribution in [0.1, 0.15) is 30.9 Å². The van der Waals surface area contributed by atoms with Crippen molar-refractivity contribution < 1.29 is 35.5 Å². The zero-order valence-electron chi connectivity index (χ0n) is 16.0. The Morgan fingerprint density at radius 1 is 1.13 bits per heavy atom. The largest absolute Gasteiger partial charge is 0.573 e. The fraction of sp³-hybridized carbons (Fsp3) is 0.350. The van der Waals surface area contributed by atoms with E-state index in [-0.39, 0.29) is 28.6 Å². The number of halogens is 4. The van der Waals surface area contributed by atoms with Crippen molar-refractivity contribution in [2.75, 3.05) is 0 Å². The lowest BCUT2D eigenvalue weighted by atomic mass is 10.0. The van der Waals surface area contributed by atoms with Gasteiger partial charge in [-0.15, -0.1) is 13.2 Å². The molecule has 0 radical (unpaired) electrons. The molecule has 2 aromatic carbocycles. The maximum atomic E-state index is 14.1. The molecular weight excluding hydrogens is 426 g/mol. The highest BCUT2D eigenvalue weighted by atomic mass is 32.2. The van der Waals surface area contributed by atoms with E-state index in [9.17, 15) is 30.8 Å². The first-order chi connectivity index (χ1) is 13.7. The molecule has 30 heavy (non-hydrogen) atoms. The van der Waals surface area contributed by atoms with Gasteiger partial charge in [0, 0.05) is 12.3 Å². The molecular formula is C20H19F4NO4S. The predicted molar refractivity (Wildman–Crippen MR) is 99.6 cm³/mol. The topological polar surface area (TPSA) is 86.5 Å². The molecule has 1 fully saturated rings. The Kier molecular flexibility index (Phi) is 5.44. The summed E-state index contributed by atoms with van der Waals surface area (Å²) in [5.74, 6) is -2.47. The summed E-state index contributed by atoms with van der Waals surface area (Å²) in [4.78, 5) is 12.7. The summed E-state index contributed by atoms with van der Waals surface area (Å²) in [5, 5.41) is 5.08. The third-order valence-electron chi connectivity index (χ3n) is 5.36. The van der Waals surface area contributed by atoms with Gasteiger partial charge >= 0.3 is 6.36 Å². The highest BCUT2D eigenvalue weighted by Crippen LogP contribution is 2.65. The van der Waals surface area contributed by atoms with Crippen molar-refractivity contribution in [1.82, 2.24) is 0 Å². The Hall–Kier alpha value is -2.46. The second kappa shape index (κ2) is 7.35. The summed E-state index contributed by atoms with van der Waals surface area (Å²) in [6.45, 7) is 3.68. The zero-order valence-corrected chi connectivity index (χ0v) is 16.9. The van der Waals surface area contributed by atoms with Crippen LogP contribution in [-0.4, -0.2) is 20.6 Å². The molecule has 0 spiro atoms. The molecule has 3 rings (SSSR count). The first-order valence-corrected chi connectivity index (χ1v) is 10.4. The maximum absolute atomic E-state index is 14.1. The number of carbonyl (C=O) groups excluding carboxylic acids is 1. The van der Waals surface area contributed by atoms with Crippen molar-refractivity contribution in [1.29, 1.82) is 0 Å². The Bertz CT molecular complexity index is 1080. The van der Waals surface area contributed by atoms with Crippen molar-refractivity contribution in [3.05, 3.63) is 59.4 Å². The molecule has 0 bridgehead atoms. The van der Waals surface area contributed by atoms with Crippen LogP contribution in [0.2, 0.25) is 0 Å². The van der Waals surface area contributed by atoms with Crippen LogP contribution in [0.25, 0.3) is 0 Å². The average molecular weight is 445 g/mol. The van der Waals surface area contributed by atoms with E-state index in [0.29, 0.717) is 0 Å². The van der Waals surface area contributed by atoms with E-state index in [2.05, 4.69) is 4.74 Å². The normalized spacial score (nSPS) is 20.6. The molecule has 1 aliphatic carbocycles. The second-order valence-corrected chi connectivity index (χ2v) is 9.40. The lowest BCUT2D eigenvalue weighted by molar-refractivity contribution is -0.274. The van der Waals surface area contributed by atoms with Gasteiger partial charge in [-0.2, -0.15) is 0 Å². The number of ether oxygens (including phenoxy) is 1. The molecule has 0 amide bonds. The molecule has 0 saturated heterocycles. The van der Waals surface area contributed by atoms with E-state index in [0.717, 1.165) is 23.8 Å². The van der Waals surface area contributed by atoms with E-state index >= 15 is 0 Å². The number of hydrogen-bond donors (Lipinski definition) is 1. The molecule has 1 saturated carbocycles. The van der Waals surface area contributed by atoms with Gasteiger partial charge in [0.15, 0.2) is 0 Å². The molecule has 0 aromatic heterocycles. The van der Waals surface area contributed by atoms with Crippen LogP contribution in [0.15, 0.2) is 47.4 Å². The summed E-state index contributed by atoms with van der Waals surface area (Å²) in [5.41, 5.74) is 0.0599. The number of sulfonamides is 1. The number of alkyl halides is 3. The molecule has 0 unspecified atom stereocenters. The minimum Gasteiger partial charge on any atom is -0.406 e. The molecule has 5 nitrogen and oxygen atoms in total. The smallest absolute Gasteiger partial charge is 0.406 e. The van der Waals surface area contributed by atoms with E-state index in [4.69, 9.17) is 5.14 Å². The first kappa shape index (κ1) is 22.2. The second-order valence-electron chi connectivity index (χ2n) is 7.83. The summed E-state index contributed by atoms with van der Waals surface area (Å²) >= 11 is 0. The van der Waals surface area contributed by atoms with Gasteiger partial charge in [-0.25, -0.2) is 17.9 Å². The number of hydrogen-bond acceptors (Lipinski definition) is 4. The van der Waals surface area contributed by atoms with Gasteiger partial charge < -0.3 is 4.74 Å². The van der Waals surface area contributed by atoms with Crippen LogP contribution in [0.4, 0.5) is 17.6 Å². The van der Waals surface area contributed by atoms with Crippen LogP contribution >= 0.6 is 0 Å². The number of rotatable bonds is 6. The molecule has 2 aromatic rings. The van der Waals surface area contributed by atoms with Gasteiger partial charge in [-0.3, -0.25) is 4.79 Å². The zero-order chi connectivity index (χ0) is 22.5. The van der Waals surface area contributed by atoms with Gasteiger partial charge in [0.25, 0.3) is 0 Å². The molecule has 162 valence electrons. The summed E-state index contributed by atoms with van der Waals surface area (Å²) in [7, 11) is -3.85. The maximum Gasteiger partial charge on any atom is 0.573 e. The molecule has 2 N–H and O–H groups in total. The van der Waals surface area contributed by atoms with Crippen molar-refractivity contribution in [2.24, 2.45) is 16.5 Å². The Morgan fingerprint density at radius 3 is 2.27 bits per heavy atom. The summed E-state index contributed by atoms with van der Waals surface area (Å²) < 4.78 is 77.8. The van der Waals surface area contributed by atoms with Gasteiger partial charge in [0.2, 0.25) is 10.0 Å². The van der Waals surface area contributed by atoms with Crippen molar-refractivity contribution in [2.45, 2.75) is 37.4 Å². The fourth-order valence-electron chi connectivity index (χ4n) is 3.91. The standard InChI is InChI=1S/C20H19F4NO4S/c1-19(2)17(11-3-6-14(7-4-11)30(25,27)28)18(19)16(26)10-12-9-13(5-8-15(12)21)29-20(22,23)24/h3-9,17-18H,10H2,1-2H3,(H2,25,27,28)/t17-,18-/m0/s1. The summed E-state index contributed by atoms with van der Waals surface area (Å²) in [6, 6.07) is 8.36. The lowest BCUT2D eigenvalue weighted by Gasteiger charge is -2.11. The van der Waals surface area contributed by atoms with E-state index in [1.165, 1.54) is 12.1 Å². The van der Waals surface area contributed by atoms with Gasteiger partial charge in [-0.1, -0.05) is 26.0 Å². The number of benzene rings is 2. The first-order valence-electron chi connectivity index (χ1n) is 8.90. The van der Waals surface area contributed by atoms with Crippen molar-refractivity contribution in [3.63, 3.8) is 0 Å². The van der Waals surface area contributed by atoms with Crippen LogP contribution < -0.4 is 9.88 Å². The molecule has 1 aliphatic rings. The third-order valence-corrected chi connectivity index (χ3v) is 6.29. The Morgan fingerprint density at radius 2 is 1.73 bits per heavy atom. The molecule has 0 aliphatic heterocycles. The number of carbonyl (C=O) groups is 1. The van der Waals surface area contributed by atoms with E-state index in [1.54, 1.807) is 12.1 Å². The van der Waals surface area contributed by atoms with Gasteiger partial charge in [-0.05, 0) is 52.8 Å². The van der Waals surface area contributed by atoms with E-state index < -0.39 is 39.3 Å². The minimum atomic E-state index is -4.92. The Labute approximate surface area is 170 Å². The predicted octanol–water partition coefficient (Wildman–Crippen LogP) is 3.92. The Balaban J connectivity index is 1.78. The molecule has 2 atom stereocenters. The lowest BCUT2D eigenvalue weighted by Crippen LogP contribution is -2.17. The van der Waals surface area contributed by atoms with Crippen LogP contribution in [0, 0.1) is 17.2 Å².